The van der Waals surface area contributed by atoms with Crippen molar-refractivity contribution in [3.63, 3.8) is 0 Å². The number of rotatable bonds is 5. The Bertz CT molecular complexity index is 688. The second kappa shape index (κ2) is 6.51. The molecule has 8 nitrogen and oxygen atoms in total. The van der Waals surface area contributed by atoms with Gasteiger partial charge >= 0.3 is 5.97 Å². The maximum absolute atomic E-state index is 11.8. The van der Waals surface area contributed by atoms with Gasteiger partial charge in [-0.15, -0.1) is 5.10 Å². The number of amides is 1. The third-order valence-corrected chi connectivity index (χ3v) is 3.13. The van der Waals surface area contributed by atoms with E-state index in [2.05, 4.69) is 20.6 Å². The highest BCUT2D eigenvalue weighted by Gasteiger charge is 2.10. The van der Waals surface area contributed by atoms with Crippen molar-refractivity contribution in [2.24, 2.45) is 0 Å². The summed E-state index contributed by atoms with van der Waals surface area (Å²) in [7, 11) is 0. The standard InChI is InChI=1S/C11H9Cl2N5O3/c12-7-3-6(4-15-9(7)13)10(19)14-1-2-18-5-8(11(20)21)16-17-18/h3-5H,1-2H2,(H,14,19)(H,20,21). The van der Waals surface area contributed by atoms with Gasteiger partial charge in [0.25, 0.3) is 5.91 Å². The number of aromatic carboxylic acids is 1. The summed E-state index contributed by atoms with van der Waals surface area (Å²) in [6.45, 7) is 0.516. The van der Waals surface area contributed by atoms with Crippen LogP contribution in [-0.4, -0.2) is 43.5 Å². The van der Waals surface area contributed by atoms with Crippen LogP contribution < -0.4 is 5.32 Å². The van der Waals surface area contributed by atoms with Gasteiger partial charge < -0.3 is 10.4 Å². The molecule has 2 rings (SSSR count). The molecule has 0 bridgehead atoms. The lowest BCUT2D eigenvalue weighted by atomic mass is 10.2. The molecule has 1 amide bonds. The van der Waals surface area contributed by atoms with E-state index in [0.717, 1.165) is 0 Å². The maximum Gasteiger partial charge on any atom is 0.358 e. The summed E-state index contributed by atoms with van der Waals surface area (Å²) < 4.78 is 1.32. The van der Waals surface area contributed by atoms with Crippen molar-refractivity contribution in [2.45, 2.75) is 6.54 Å². The Morgan fingerprint density at radius 1 is 1.38 bits per heavy atom. The van der Waals surface area contributed by atoms with Crippen LogP contribution in [0.3, 0.4) is 0 Å². The van der Waals surface area contributed by atoms with Crippen LogP contribution in [0.4, 0.5) is 0 Å². The average Bonchev–Trinajstić information content (AvgIpc) is 2.91. The Morgan fingerprint density at radius 3 is 2.76 bits per heavy atom. The fraction of sp³-hybridized carbons (Fsp3) is 0.182. The topological polar surface area (TPSA) is 110 Å². The molecule has 0 aliphatic heterocycles. The lowest BCUT2D eigenvalue weighted by Crippen LogP contribution is -2.27. The van der Waals surface area contributed by atoms with Crippen LogP contribution in [0.5, 0.6) is 0 Å². The first kappa shape index (κ1) is 15.2. The molecule has 0 saturated carbocycles. The Morgan fingerprint density at radius 2 is 2.14 bits per heavy atom. The van der Waals surface area contributed by atoms with E-state index in [1.807, 2.05) is 0 Å². The number of aromatic nitrogens is 4. The summed E-state index contributed by atoms with van der Waals surface area (Å²) in [5.74, 6) is -1.54. The maximum atomic E-state index is 11.8. The number of nitrogens with zero attached hydrogens (tertiary/aromatic N) is 4. The van der Waals surface area contributed by atoms with E-state index in [9.17, 15) is 9.59 Å². The number of carbonyl (C=O) groups excluding carboxylic acids is 1. The van der Waals surface area contributed by atoms with Crippen LogP contribution in [-0.2, 0) is 6.54 Å². The molecular formula is C11H9Cl2N5O3. The third kappa shape index (κ3) is 3.89. The zero-order chi connectivity index (χ0) is 15.4. The quantitative estimate of drug-likeness (QED) is 0.795. The molecule has 0 fully saturated rings. The molecule has 0 spiro atoms. The summed E-state index contributed by atoms with van der Waals surface area (Å²) in [5, 5.41) is 18.7. The summed E-state index contributed by atoms with van der Waals surface area (Å²) in [6, 6.07) is 1.41. The number of carbonyl (C=O) groups is 2. The van der Waals surface area contributed by atoms with Gasteiger partial charge in [0, 0.05) is 12.7 Å². The molecule has 2 N–H and O–H groups in total. The normalized spacial score (nSPS) is 10.4. The summed E-state index contributed by atoms with van der Waals surface area (Å²) >= 11 is 11.4. The number of halogens is 2. The average molecular weight is 330 g/mol. The summed E-state index contributed by atoms with van der Waals surface area (Å²) in [4.78, 5) is 26.2. The first-order chi connectivity index (χ1) is 9.97. The predicted octanol–water partition coefficient (Wildman–Crippen LogP) is 1.11. The fourth-order valence-electron chi connectivity index (χ4n) is 1.44. The minimum Gasteiger partial charge on any atom is -0.476 e. The molecule has 2 aromatic rings. The molecule has 2 aromatic heterocycles. The van der Waals surface area contributed by atoms with Crippen molar-refractivity contribution in [1.29, 1.82) is 0 Å². The van der Waals surface area contributed by atoms with Gasteiger partial charge in [-0.25, -0.2) is 14.5 Å². The van der Waals surface area contributed by atoms with Crippen molar-refractivity contribution in [1.82, 2.24) is 25.3 Å². The van der Waals surface area contributed by atoms with Crippen LogP contribution in [0.15, 0.2) is 18.5 Å². The number of pyridine rings is 1. The van der Waals surface area contributed by atoms with E-state index in [-0.39, 0.29) is 40.4 Å². The van der Waals surface area contributed by atoms with Crippen LogP contribution in [0.2, 0.25) is 10.2 Å². The predicted molar refractivity (Wildman–Crippen MR) is 73.6 cm³/mol. The largest absolute Gasteiger partial charge is 0.476 e. The Labute approximate surface area is 128 Å². The van der Waals surface area contributed by atoms with Gasteiger partial charge in [-0.05, 0) is 6.07 Å². The van der Waals surface area contributed by atoms with Crippen molar-refractivity contribution < 1.29 is 14.7 Å². The SMILES string of the molecule is O=C(NCCn1cc(C(=O)O)nn1)c1cnc(Cl)c(Cl)c1. The molecule has 0 aliphatic rings. The number of carboxylic acid groups (broad SMARTS) is 1. The molecule has 2 heterocycles. The van der Waals surface area contributed by atoms with E-state index >= 15 is 0 Å². The number of hydrogen-bond donors (Lipinski definition) is 2. The second-order valence-corrected chi connectivity index (χ2v) is 4.69. The van der Waals surface area contributed by atoms with Crippen molar-refractivity contribution >= 4 is 35.1 Å². The summed E-state index contributed by atoms with van der Waals surface area (Å²) in [5.41, 5.74) is 0.115. The number of carboxylic acids is 1. The highest BCUT2D eigenvalue weighted by atomic mass is 35.5. The van der Waals surface area contributed by atoms with E-state index in [0.29, 0.717) is 0 Å². The Kier molecular flexibility index (Phi) is 4.71. The first-order valence-electron chi connectivity index (χ1n) is 5.70. The first-order valence-corrected chi connectivity index (χ1v) is 6.45. The Hall–Kier alpha value is -2.19. The molecule has 110 valence electrons. The zero-order valence-electron chi connectivity index (χ0n) is 10.5. The van der Waals surface area contributed by atoms with Crippen LogP contribution in [0.1, 0.15) is 20.8 Å². The van der Waals surface area contributed by atoms with Crippen molar-refractivity contribution in [3.05, 3.63) is 39.9 Å². The molecule has 10 heteroatoms. The smallest absolute Gasteiger partial charge is 0.358 e. The molecule has 0 atom stereocenters. The Balaban J connectivity index is 1.88. The van der Waals surface area contributed by atoms with E-state index in [1.54, 1.807) is 0 Å². The van der Waals surface area contributed by atoms with Gasteiger partial charge in [-0.1, -0.05) is 28.4 Å². The lowest BCUT2D eigenvalue weighted by molar-refractivity contribution is 0.0690. The monoisotopic (exact) mass is 329 g/mol. The van der Waals surface area contributed by atoms with Gasteiger partial charge in [-0.3, -0.25) is 4.79 Å². The highest BCUT2D eigenvalue weighted by molar-refractivity contribution is 6.41. The minimum absolute atomic E-state index is 0.122. The molecule has 21 heavy (non-hydrogen) atoms. The lowest BCUT2D eigenvalue weighted by Gasteiger charge is -2.05. The molecule has 0 radical (unpaired) electrons. The summed E-state index contributed by atoms with van der Waals surface area (Å²) in [6.07, 6.45) is 2.58. The van der Waals surface area contributed by atoms with Gasteiger partial charge in [0.15, 0.2) is 5.69 Å². The molecular weight excluding hydrogens is 321 g/mol. The number of hydrogen-bond acceptors (Lipinski definition) is 5. The van der Waals surface area contributed by atoms with Crippen molar-refractivity contribution in [3.8, 4) is 0 Å². The van der Waals surface area contributed by atoms with Gasteiger partial charge in [0.2, 0.25) is 0 Å². The van der Waals surface area contributed by atoms with E-state index in [4.69, 9.17) is 28.3 Å². The van der Waals surface area contributed by atoms with Crippen LogP contribution in [0, 0.1) is 0 Å². The molecule has 0 aromatic carbocycles. The second-order valence-electron chi connectivity index (χ2n) is 3.92. The highest BCUT2D eigenvalue weighted by Crippen LogP contribution is 2.19. The van der Waals surface area contributed by atoms with Gasteiger partial charge in [-0.2, -0.15) is 0 Å². The van der Waals surface area contributed by atoms with E-state index in [1.165, 1.54) is 23.1 Å². The van der Waals surface area contributed by atoms with Crippen LogP contribution in [0.25, 0.3) is 0 Å². The zero-order valence-corrected chi connectivity index (χ0v) is 12.0. The van der Waals surface area contributed by atoms with E-state index < -0.39 is 5.97 Å². The third-order valence-electron chi connectivity index (χ3n) is 2.44. The molecule has 0 aliphatic carbocycles. The van der Waals surface area contributed by atoms with Gasteiger partial charge in [0.05, 0.1) is 23.3 Å². The minimum atomic E-state index is -1.16. The fourth-order valence-corrected chi connectivity index (χ4v) is 1.71. The molecule has 0 unspecified atom stereocenters. The molecule has 0 saturated heterocycles. The number of nitrogens with one attached hydrogen (secondary N) is 1. The van der Waals surface area contributed by atoms with Crippen LogP contribution >= 0.6 is 23.2 Å². The van der Waals surface area contributed by atoms with Gasteiger partial charge in [0.1, 0.15) is 5.15 Å². The van der Waals surface area contributed by atoms with Crippen molar-refractivity contribution in [2.75, 3.05) is 6.54 Å².